The van der Waals surface area contributed by atoms with Crippen molar-refractivity contribution in [1.82, 2.24) is 0 Å². The molecule has 0 spiro atoms. The molecule has 2 aromatic carbocycles. The molecular weight excluding hydrogens is 345 g/mol. The van der Waals surface area contributed by atoms with E-state index in [-0.39, 0.29) is 6.04 Å². The zero-order chi connectivity index (χ0) is 13.8. The van der Waals surface area contributed by atoms with Crippen LogP contribution in [0.4, 0.5) is 0 Å². The number of hydrogen-bond donors (Lipinski definition) is 1. The Morgan fingerprint density at radius 3 is 2.26 bits per heavy atom. The summed E-state index contributed by atoms with van der Waals surface area (Å²) in [7, 11) is 0. The van der Waals surface area contributed by atoms with Gasteiger partial charge in [0.2, 0.25) is 0 Å². The van der Waals surface area contributed by atoms with Crippen LogP contribution in [-0.4, -0.2) is 6.04 Å². The van der Waals surface area contributed by atoms with Gasteiger partial charge in [0.05, 0.1) is 0 Å². The van der Waals surface area contributed by atoms with Crippen LogP contribution in [0, 0.1) is 0 Å². The van der Waals surface area contributed by atoms with Crippen LogP contribution in [0.15, 0.2) is 46.9 Å². The second-order valence-corrected chi connectivity index (χ2v) is 6.23. The van der Waals surface area contributed by atoms with Gasteiger partial charge < -0.3 is 5.73 Å². The van der Waals surface area contributed by atoms with Crippen LogP contribution in [0.2, 0.25) is 10.0 Å². The molecular formula is C15H14BrCl2N. The average molecular weight is 359 g/mol. The highest BCUT2D eigenvalue weighted by molar-refractivity contribution is 9.10. The molecule has 0 saturated carbocycles. The van der Waals surface area contributed by atoms with Gasteiger partial charge in [-0.05, 0) is 48.2 Å². The number of benzene rings is 2. The molecule has 0 fully saturated rings. The SMILES string of the molecule is NC(Cc1cccc(Br)c1)Cc1c(Cl)cccc1Cl. The Kier molecular flexibility index (Phi) is 5.28. The summed E-state index contributed by atoms with van der Waals surface area (Å²) in [6, 6.07) is 13.7. The molecule has 0 amide bonds. The van der Waals surface area contributed by atoms with E-state index in [1.165, 1.54) is 5.56 Å². The molecule has 1 unspecified atom stereocenters. The number of hydrogen-bond acceptors (Lipinski definition) is 1. The minimum Gasteiger partial charge on any atom is -0.327 e. The van der Waals surface area contributed by atoms with Crippen LogP contribution in [-0.2, 0) is 12.8 Å². The van der Waals surface area contributed by atoms with Crippen molar-refractivity contribution in [3.63, 3.8) is 0 Å². The first-order valence-electron chi connectivity index (χ1n) is 5.99. The zero-order valence-electron chi connectivity index (χ0n) is 10.2. The second-order valence-electron chi connectivity index (χ2n) is 4.50. The van der Waals surface area contributed by atoms with E-state index < -0.39 is 0 Å². The van der Waals surface area contributed by atoms with Crippen molar-refractivity contribution < 1.29 is 0 Å². The van der Waals surface area contributed by atoms with Crippen molar-refractivity contribution in [2.75, 3.05) is 0 Å². The molecule has 0 aliphatic carbocycles. The Morgan fingerprint density at radius 2 is 1.63 bits per heavy atom. The summed E-state index contributed by atoms with van der Waals surface area (Å²) in [4.78, 5) is 0. The minimum atomic E-state index is -0.00769. The third-order valence-electron chi connectivity index (χ3n) is 2.91. The van der Waals surface area contributed by atoms with Crippen molar-refractivity contribution >= 4 is 39.1 Å². The van der Waals surface area contributed by atoms with Gasteiger partial charge in [-0.1, -0.05) is 57.3 Å². The predicted octanol–water partition coefficient (Wildman–Crippen LogP) is 4.87. The first-order valence-corrected chi connectivity index (χ1v) is 7.54. The third-order valence-corrected chi connectivity index (χ3v) is 4.12. The topological polar surface area (TPSA) is 26.0 Å². The Bertz CT molecular complexity index is 552. The molecule has 0 heterocycles. The van der Waals surface area contributed by atoms with Gasteiger partial charge in [-0.25, -0.2) is 0 Å². The summed E-state index contributed by atoms with van der Waals surface area (Å²) in [6.07, 6.45) is 1.46. The highest BCUT2D eigenvalue weighted by Crippen LogP contribution is 2.26. The van der Waals surface area contributed by atoms with E-state index >= 15 is 0 Å². The van der Waals surface area contributed by atoms with Crippen molar-refractivity contribution in [2.24, 2.45) is 5.73 Å². The minimum absolute atomic E-state index is 0.00769. The lowest BCUT2D eigenvalue weighted by Gasteiger charge is -2.14. The molecule has 2 rings (SSSR count). The van der Waals surface area contributed by atoms with Crippen molar-refractivity contribution in [2.45, 2.75) is 18.9 Å². The fourth-order valence-corrected chi connectivity index (χ4v) is 3.03. The molecule has 4 heteroatoms. The Hall–Kier alpha value is -0.540. The van der Waals surface area contributed by atoms with Crippen molar-refractivity contribution in [3.8, 4) is 0 Å². The fraction of sp³-hybridized carbons (Fsp3) is 0.200. The van der Waals surface area contributed by atoms with Gasteiger partial charge in [-0.15, -0.1) is 0 Å². The smallest absolute Gasteiger partial charge is 0.0453 e. The predicted molar refractivity (Wildman–Crippen MR) is 86.0 cm³/mol. The molecule has 0 aliphatic rings. The van der Waals surface area contributed by atoms with Gasteiger partial charge >= 0.3 is 0 Å². The summed E-state index contributed by atoms with van der Waals surface area (Å²) in [5.41, 5.74) is 8.32. The number of halogens is 3. The zero-order valence-corrected chi connectivity index (χ0v) is 13.3. The van der Waals surface area contributed by atoms with Crippen LogP contribution >= 0.6 is 39.1 Å². The Balaban J connectivity index is 2.07. The van der Waals surface area contributed by atoms with Gasteiger partial charge in [0, 0.05) is 20.6 Å². The van der Waals surface area contributed by atoms with Crippen LogP contribution in [0.5, 0.6) is 0 Å². The van der Waals surface area contributed by atoms with E-state index in [9.17, 15) is 0 Å². The molecule has 0 aliphatic heterocycles. The lowest BCUT2D eigenvalue weighted by molar-refractivity contribution is 0.665. The van der Waals surface area contributed by atoms with Gasteiger partial charge in [-0.3, -0.25) is 0 Å². The van der Waals surface area contributed by atoms with Crippen LogP contribution in [0.25, 0.3) is 0 Å². The third kappa shape index (κ3) is 4.22. The summed E-state index contributed by atoms with van der Waals surface area (Å²) < 4.78 is 1.06. The first kappa shape index (κ1) is 14.9. The molecule has 19 heavy (non-hydrogen) atoms. The maximum absolute atomic E-state index is 6.19. The molecule has 2 N–H and O–H groups in total. The molecule has 2 aromatic rings. The quantitative estimate of drug-likeness (QED) is 0.828. The highest BCUT2D eigenvalue weighted by Gasteiger charge is 2.11. The normalized spacial score (nSPS) is 12.4. The molecule has 0 saturated heterocycles. The van der Waals surface area contributed by atoms with Gasteiger partial charge in [0.1, 0.15) is 0 Å². The Labute approximate surface area is 131 Å². The van der Waals surface area contributed by atoms with E-state index in [1.807, 2.05) is 30.3 Å². The first-order chi connectivity index (χ1) is 9.06. The lowest BCUT2D eigenvalue weighted by atomic mass is 10.00. The van der Waals surface area contributed by atoms with Crippen molar-refractivity contribution in [3.05, 3.63) is 68.1 Å². The standard InChI is InChI=1S/C15H14BrCl2N/c16-11-4-1-3-10(7-11)8-12(19)9-13-14(17)5-2-6-15(13)18/h1-7,12H,8-9,19H2. The summed E-state index contributed by atoms with van der Waals surface area (Å²) in [6.45, 7) is 0. The summed E-state index contributed by atoms with van der Waals surface area (Å²) >= 11 is 15.8. The van der Waals surface area contributed by atoms with Gasteiger partial charge in [0.25, 0.3) is 0 Å². The summed E-state index contributed by atoms with van der Waals surface area (Å²) in [5.74, 6) is 0. The fourth-order valence-electron chi connectivity index (χ4n) is 2.03. The molecule has 100 valence electrons. The molecule has 0 bridgehead atoms. The Morgan fingerprint density at radius 1 is 1.00 bits per heavy atom. The second kappa shape index (κ2) is 6.76. The van der Waals surface area contributed by atoms with E-state index in [0.29, 0.717) is 16.5 Å². The highest BCUT2D eigenvalue weighted by atomic mass is 79.9. The maximum atomic E-state index is 6.19. The van der Waals surface area contributed by atoms with E-state index in [2.05, 4.69) is 28.1 Å². The monoisotopic (exact) mass is 357 g/mol. The molecule has 1 nitrogen and oxygen atoms in total. The van der Waals surface area contributed by atoms with E-state index in [4.69, 9.17) is 28.9 Å². The number of rotatable bonds is 4. The van der Waals surface area contributed by atoms with Gasteiger partial charge in [0.15, 0.2) is 0 Å². The van der Waals surface area contributed by atoms with Crippen LogP contribution < -0.4 is 5.73 Å². The van der Waals surface area contributed by atoms with Gasteiger partial charge in [-0.2, -0.15) is 0 Å². The molecule has 0 aromatic heterocycles. The molecule has 0 radical (unpaired) electrons. The average Bonchev–Trinajstić information content (AvgIpc) is 2.34. The van der Waals surface area contributed by atoms with E-state index in [1.54, 1.807) is 0 Å². The largest absolute Gasteiger partial charge is 0.327 e. The van der Waals surface area contributed by atoms with Crippen LogP contribution in [0.1, 0.15) is 11.1 Å². The van der Waals surface area contributed by atoms with Crippen LogP contribution in [0.3, 0.4) is 0 Å². The number of nitrogens with two attached hydrogens (primary N) is 1. The lowest BCUT2D eigenvalue weighted by Crippen LogP contribution is -2.25. The van der Waals surface area contributed by atoms with E-state index in [0.717, 1.165) is 16.5 Å². The maximum Gasteiger partial charge on any atom is 0.0453 e. The van der Waals surface area contributed by atoms with Crippen molar-refractivity contribution in [1.29, 1.82) is 0 Å². The summed E-state index contributed by atoms with van der Waals surface area (Å²) in [5, 5.41) is 1.36. The molecule has 1 atom stereocenters.